The fraction of sp³-hybridized carbons (Fsp3) is 0. The standard InChI is InChI=1S/C54H38BN4/c1-6-19-38(20-7-1)57(39-21-8-2-9-22-39)43-33-34-51-49(36-43)55-53-48(47-31-18-30-46-45-29-16-17-32-50(45)56-54(46)47)35-44(37-52(53)59(51)42-27-14-5-15-28-42)58(40-23-10-3-11-24-40)41-25-12-4-13-26-41/h1-37,56H. The first-order valence-electron chi connectivity index (χ1n) is 20.1. The molecule has 0 saturated heterocycles. The zero-order valence-electron chi connectivity index (χ0n) is 32.3. The lowest BCUT2D eigenvalue weighted by atomic mass is 9.58. The summed E-state index contributed by atoms with van der Waals surface area (Å²) in [5.74, 6) is 0. The highest BCUT2D eigenvalue weighted by atomic mass is 15.2. The minimum atomic E-state index is 1.07. The van der Waals surface area contributed by atoms with Gasteiger partial charge in [0.05, 0.1) is 5.52 Å². The number of nitrogens with zero attached hydrogens (tertiary/aromatic N) is 3. The molecule has 1 radical (unpaired) electrons. The van der Waals surface area contributed by atoms with Crippen LogP contribution >= 0.6 is 0 Å². The molecule has 59 heavy (non-hydrogen) atoms. The van der Waals surface area contributed by atoms with Gasteiger partial charge in [0.15, 0.2) is 7.28 Å². The van der Waals surface area contributed by atoms with Crippen molar-refractivity contribution in [1.82, 2.24) is 4.98 Å². The van der Waals surface area contributed by atoms with Crippen LogP contribution in [0.1, 0.15) is 0 Å². The second kappa shape index (κ2) is 14.6. The fourth-order valence-corrected chi connectivity index (χ4v) is 8.75. The minimum Gasteiger partial charge on any atom is -0.354 e. The van der Waals surface area contributed by atoms with Crippen LogP contribution in [0.5, 0.6) is 0 Å². The molecule has 0 unspecified atom stereocenters. The maximum atomic E-state index is 3.84. The molecular formula is C54H38BN4. The van der Waals surface area contributed by atoms with Gasteiger partial charge in [0.2, 0.25) is 0 Å². The van der Waals surface area contributed by atoms with Gasteiger partial charge in [-0.3, -0.25) is 0 Å². The van der Waals surface area contributed by atoms with Crippen molar-refractivity contribution in [2.75, 3.05) is 14.7 Å². The molecule has 4 nitrogen and oxygen atoms in total. The average Bonchev–Trinajstić information content (AvgIpc) is 3.69. The smallest absolute Gasteiger partial charge is 0.197 e. The molecular weight excluding hydrogens is 715 g/mol. The monoisotopic (exact) mass is 753 g/mol. The van der Waals surface area contributed by atoms with Crippen LogP contribution in [0, 0.1) is 0 Å². The second-order valence-electron chi connectivity index (χ2n) is 14.9. The Morgan fingerprint density at radius 2 is 0.898 bits per heavy atom. The van der Waals surface area contributed by atoms with Gasteiger partial charge in [-0.1, -0.05) is 133 Å². The highest BCUT2D eigenvalue weighted by molar-refractivity contribution is 6.73. The van der Waals surface area contributed by atoms with Gasteiger partial charge in [0, 0.05) is 73.0 Å². The number of para-hydroxylation sites is 7. The third-order valence-electron chi connectivity index (χ3n) is 11.4. The zero-order valence-corrected chi connectivity index (χ0v) is 32.3. The van der Waals surface area contributed by atoms with E-state index in [2.05, 4.69) is 251 Å². The SMILES string of the molecule is [B]1c2cc(N(c3ccccc3)c3ccccc3)ccc2N(c2ccccc2)c2cc(N(c3ccccc3)c3ccccc3)cc(-c3cccc4c3[nH]c3ccccc34)c21. The first kappa shape index (κ1) is 34.5. The number of hydrogen-bond donors (Lipinski definition) is 1. The van der Waals surface area contributed by atoms with Crippen molar-refractivity contribution in [1.29, 1.82) is 0 Å². The predicted molar refractivity (Wildman–Crippen MR) is 250 cm³/mol. The number of hydrogen-bond acceptors (Lipinski definition) is 3. The topological polar surface area (TPSA) is 25.5 Å². The maximum absolute atomic E-state index is 3.84. The molecule has 1 aromatic heterocycles. The predicted octanol–water partition coefficient (Wildman–Crippen LogP) is 13.4. The normalized spacial score (nSPS) is 11.8. The van der Waals surface area contributed by atoms with Crippen molar-refractivity contribution in [3.8, 4) is 11.1 Å². The molecule has 0 spiro atoms. The molecule has 1 N–H and O–H groups in total. The number of aromatic nitrogens is 1. The Bertz CT molecular complexity index is 3000. The maximum Gasteiger partial charge on any atom is 0.197 e. The van der Waals surface area contributed by atoms with E-state index in [1.54, 1.807) is 0 Å². The molecule has 1 aliphatic heterocycles. The van der Waals surface area contributed by atoms with Gasteiger partial charge in [-0.25, -0.2) is 0 Å². The molecule has 11 rings (SSSR count). The van der Waals surface area contributed by atoms with E-state index in [4.69, 9.17) is 0 Å². The largest absolute Gasteiger partial charge is 0.354 e. The zero-order chi connectivity index (χ0) is 39.1. The van der Waals surface area contributed by atoms with Crippen molar-refractivity contribution >= 4 is 91.2 Å². The summed E-state index contributed by atoms with van der Waals surface area (Å²) in [7, 11) is 2.40. The number of rotatable bonds is 8. The van der Waals surface area contributed by atoms with Crippen LogP contribution in [0.15, 0.2) is 224 Å². The van der Waals surface area contributed by atoms with Crippen molar-refractivity contribution in [2.24, 2.45) is 0 Å². The summed E-state index contributed by atoms with van der Waals surface area (Å²) in [6, 6.07) is 80.3. The highest BCUT2D eigenvalue weighted by Gasteiger charge is 2.31. The molecule has 277 valence electrons. The van der Waals surface area contributed by atoms with Gasteiger partial charge < -0.3 is 19.7 Å². The number of benzene rings is 9. The summed E-state index contributed by atoms with van der Waals surface area (Å²) in [5.41, 5.74) is 16.7. The molecule has 0 aliphatic carbocycles. The quantitative estimate of drug-likeness (QED) is 0.157. The van der Waals surface area contributed by atoms with E-state index >= 15 is 0 Å². The molecule has 0 atom stereocenters. The summed E-state index contributed by atoms with van der Waals surface area (Å²) in [6.07, 6.45) is 0. The third-order valence-corrected chi connectivity index (χ3v) is 11.4. The van der Waals surface area contributed by atoms with Gasteiger partial charge in [0.25, 0.3) is 0 Å². The number of H-pyrrole nitrogens is 1. The Hall–Kier alpha value is -7.76. The summed E-state index contributed by atoms with van der Waals surface area (Å²) in [6.45, 7) is 0. The molecule has 0 amide bonds. The number of nitrogens with one attached hydrogen (secondary N) is 1. The van der Waals surface area contributed by atoms with E-state index in [0.29, 0.717) is 0 Å². The van der Waals surface area contributed by atoms with Crippen LogP contribution in [0.4, 0.5) is 51.2 Å². The lowest BCUT2D eigenvalue weighted by molar-refractivity contribution is 1.25. The molecule has 0 fully saturated rings. The lowest BCUT2D eigenvalue weighted by Crippen LogP contribution is -2.41. The Morgan fingerprint density at radius 3 is 1.51 bits per heavy atom. The summed E-state index contributed by atoms with van der Waals surface area (Å²) in [5, 5.41) is 2.43. The third kappa shape index (κ3) is 6.12. The van der Waals surface area contributed by atoms with Gasteiger partial charge >= 0.3 is 0 Å². The molecule has 5 heteroatoms. The van der Waals surface area contributed by atoms with Crippen molar-refractivity contribution < 1.29 is 0 Å². The Balaban J connectivity index is 1.19. The van der Waals surface area contributed by atoms with E-state index in [0.717, 1.165) is 84.3 Å². The lowest BCUT2D eigenvalue weighted by Gasteiger charge is -2.37. The molecule has 10 aromatic rings. The summed E-state index contributed by atoms with van der Waals surface area (Å²) < 4.78 is 0. The average molecular weight is 754 g/mol. The van der Waals surface area contributed by atoms with Gasteiger partial charge in [0.1, 0.15) is 0 Å². The van der Waals surface area contributed by atoms with E-state index < -0.39 is 0 Å². The van der Waals surface area contributed by atoms with E-state index in [1.165, 1.54) is 10.8 Å². The first-order chi connectivity index (χ1) is 29.3. The Kier molecular flexibility index (Phi) is 8.56. The molecule has 0 saturated carbocycles. The Morgan fingerprint density at radius 1 is 0.373 bits per heavy atom. The van der Waals surface area contributed by atoms with Crippen LogP contribution < -0.4 is 25.6 Å². The first-order valence-corrected chi connectivity index (χ1v) is 20.1. The minimum absolute atomic E-state index is 1.07. The summed E-state index contributed by atoms with van der Waals surface area (Å²) >= 11 is 0. The van der Waals surface area contributed by atoms with Gasteiger partial charge in [-0.05, 0) is 108 Å². The highest BCUT2D eigenvalue weighted by Crippen LogP contribution is 2.45. The second-order valence-corrected chi connectivity index (χ2v) is 14.9. The van der Waals surface area contributed by atoms with E-state index in [9.17, 15) is 0 Å². The fourth-order valence-electron chi connectivity index (χ4n) is 8.75. The number of anilines is 9. The van der Waals surface area contributed by atoms with Crippen LogP contribution in [-0.4, -0.2) is 12.3 Å². The van der Waals surface area contributed by atoms with Crippen LogP contribution in [0.2, 0.25) is 0 Å². The van der Waals surface area contributed by atoms with E-state index in [-0.39, 0.29) is 0 Å². The molecule has 9 aromatic carbocycles. The number of fused-ring (bicyclic) bond motifs is 5. The molecule has 2 heterocycles. The number of aromatic amines is 1. The van der Waals surface area contributed by atoms with Gasteiger partial charge in [-0.15, -0.1) is 0 Å². The van der Waals surface area contributed by atoms with Crippen LogP contribution in [0.25, 0.3) is 32.9 Å². The van der Waals surface area contributed by atoms with Crippen LogP contribution in [-0.2, 0) is 0 Å². The Labute approximate surface area is 345 Å². The van der Waals surface area contributed by atoms with Crippen LogP contribution in [0.3, 0.4) is 0 Å². The van der Waals surface area contributed by atoms with E-state index in [1.807, 2.05) is 0 Å². The molecule has 1 aliphatic rings. The van der Waals surface area contributed by atoms with Crippen molar-refractivity contribution in [3.63, 3.8) is 0 Å². The molecule has 0 bridgehead atoms. The van der Waals surface area contributed by atoms with Gasteiger partial charge in [-0.2, -0.15) is 0 Å². The summed E-state index contributed by atoms with van der Waals surface area (Å²) in [4.78, 5) is 11.0. The van der Waals surface area contributed by atoms with Crippen molar-refractivity contribution in [3.05, 3.63) is 224 Å². The van der Waals surface area contributed by atoms with Crippen molar-refractivity contribution in [2.45, 2.75) is 0 Å².